The van der Waals surface area contributed by atoms with E-state index in [1.54, 1.807) is 13.0 Å². The minimum atomic E-state index is -3.82. The maximum atomic E-state index is 12.2. The normalized spacial score (nSPS) is 11.3. The van der Waals surface area contributed by atoms with Crippen molar-refractivity contribution in [3.63, 3.8) is 0 Å². The standard InChI is InChI=1S/C10H13N5O3S/c1-3-12-8-4-5-11-6-9(8)19(16,17)15-10-13-7(2)14-18-10/h4-6H,3H2,1-2H3,(H,11,12)(H,13,14,15). The molecule has 2 heterocycles. The number of rotatable bonds is 5. The molecule has 0 aliphatic heterocycles. The van der Waals surface area contributed by atoms with Crippen molar-refractivity contribution < 1.29 is 12.9 Å². The van der Waals surface area contributed by atoms with Gasteiger partial charge in [-0.15, -0.1) is 0 Å². The van der Waals surface area contributed by atoms with Crippen LogP contribution in [0.1, 0.15) is 12.7 Å². The molecule has 0 aliphatic carbocycles. The molecule has 0 aliphatic rings. The zero-order valence-corrected chi connectivity index (χ0v) is 11.2. The quantitative estimate of drug-likeness (QED) is 0.842. The molecule has 0 unspecified atom stereocenters. The zero-order valence-electron chi connectivity index (χ0n) is 10.4. The summed E-state index contributed by atoms with van der Waals surface area (Å²) in [7, 11) is -3.82. The van der Waals surface area contributed by atoms with Crippen molar-refractivity contribution in [2.45, 2.75) is 18.7 Å². The molecule has 0 saturated heterocycles. The molecule has 0 aromatic carbocycles. The number of nitrogens with zero attached hydrogens (tertiary/aromatic N) is 3. The van der Waals surface area contributed by atoms with E-state index in [1.807, 2.05) is 6.92 Å². The second kappa shape index (κ2) is 5.22. The summed E-state index contributed by atoms with van der Waals surface area (Å²) >= 11 is 0. The lowest BCUT2D eigenvalue weighted by Gasteiger charge is -2.10. The molecule has 0 saturated carbocycles. The van der Waals surface area contributed by atoms with Gasteiger partial charge in [0.25, 0.3) is 10.0 Å². The molecule has 2 N–H and O–H groups in total. The van der Waals surface area contributed by atoms with Crippen molar-refractivity contribution in [1.29, 1.82) is 0 Å². The van der Waals surface area contributed by atoms with Gasteiger partial charge in [-0.3, -0.25) is 4.98 Å². The van der Waals surface area contributed by atoms with Crippen LogP contribution in [0.2, 0.25) is 0 Å². The average Bonchev–Trinajstić information content (AvgIpc) is 2.75. The van der Waals surface area contributed by atoms with Crippen LogP contribution in [-0.4, -0.2) is 30.1 Å². The van der Waals surface area contributed by atoms with Gasteiger partial charge in [0.05, 0.1) is 5.69 Å². The molecule has 0 fully saturated rings. The van der Waals surface area contributed by atoms with Gasteiger partial charge in [0.1, 0.15) is 4.90 Å². The lowest BCUT2D eigenvalue weighted by atomic mass is 10.4. The highest BCUT2D eigenvalue weighted by molar-refractivity contribution is 7.92. The van der Waals surface area contributed by atoms with E-state index >= 15 is 0 Å². The van der Waals surface area contributed by atoms with E-state index in [1.165, 1.54) is 12.4 Å². The number of pyridine rings is 1. The third-order valence-corrected chi connectivity index (χ3v) is 3.54. The number of hydrogen-bond acceptors (Lipinski definition) is 7. The number of hydrogen-bond donors (Lipinski definition) is 2. The molecule has 2 rings (SSSR count). The Morgan fingerprint density at radius 1 is 1.42 bits per heavy atom. The van der Waals surface area contributed by atoms with Crippen LogP contribution in [0.5, 0.6) is 0 Å². The van der Waals surface area contributed by atoms with Crippen LogP contribution in [0.3, 0.4) is 0 Å². The van der Waals surface area contributed by atoms with Crippen LogP contribution < -0.4 is 10.0 Å². The first-order valence-electron chi connectivity index (χ1n) is 5.54. The monoisotopic (exact) mass is 283 g/mol. The van der Waals surface area contributed by atoms with Crippen molar-refractivity contribution in [2.24, 2.45) is 0 Å². The van der Waals surface area contributed by atoms with Crippen molar-refractivity contribution in [3.8, 4) is 0 Å². The molecule has 9 heteroatoms. The Labute approximate surface area is 110 Å². The number of aryl methyl sites for hydroxylation is 1. The maximum Gasteiger partial charge on any atom is 0.335 e. The Balaban J connectivity index is 2.34. The average molecular weight is 283 g/mol. The molecule has 0 spiro atoms. The summed E-state index contributed by atoms with van der Waals surface area (Å²) in [6, 6.07) is 1.40. The van der Waals surface area contributed by atoms with Crippen molar-refractivity contribution >= 4 is 21.7 Å². The van der Waals surface area contributed by atoms with E-state index in [-0.39, 0.29) is 10.9 Å². The Kier molecular flexibility index (Phi) is 3.65. The number of sulfonamides is 1. The van der Waals surface area contributed by atoms with Gasteiger partial charge >= 0.3 is 6.01 Å². The Morgan fingerprint density at radius 3 is 2.84 bits per heavy atom. The van der Waals surface area contributed by atoms with Gasteiger partial charge in [0, 0.05) is 18.9 Å². The Bertz CT molecular complexity index is 667. The molecule has 2 aromatic rings. The summed E-state index contributed by atoms with van der Waals surface area (Å²) in [5, 5.41) is 6.46. The molecule has 102 valence electrons. The summed E-state index contributed by atoms with van der Waals surface area (Å²) in [6.45, 7) is 4.05. The fraction of sp³-hybridized carbons (Fsp3) is 0.300. The van der Waals surface area contributed by atoms with Crippen molar-refractivity contribution in [3.05, 3.63) is 24.3 Å². The van der Waals surface area contributed by atoms with Crippen LogP contribution in [-0.2, 0) is 10.0 Å². The summed E-state index contributed by atoms with van der Waals surface area (Å²) in [5.41, 5.74) is 0.459. The molecule has 19 heavy (non-hydrogen) atoms. The van der Waals surface area contributed by atoms with Gasteiger partial charge in [-0.2, -0.15) is 4.98 Å². The van der Waals surface area contributed by atoms with Crippen LogP contribution in [0.15, 0.2) is 27.9 Å². The summed E-state index contributed by atoms with van der Waals surface area (Å²) < 4.78 is 31.3. The predicted molar refractivity (Wildman–Crippen MR) is 68.2 cm³/mol. The highest BCUT2D eigenvalue weighted by atomic mass is 32.2. The third-order valence-electron chi connectivity index (χ3n) is 2.19. The largest absolute Gasteiger partial charge is 0.384 e. The first-order valence-corrected chi connectivity index (χ1v) is 7.02. The van der Waals surface area contributed by atoms with Crippen molar-refractivity contribution in [2.75, 3.05) is 16.6 Å². The van der Waals surface area contributed by atoms with E-state index in [0.29, 0.717) is 18.1 Å². The van der Waals surface area contributed by atoms with Gasteiger partial charge in [-0.25, -0.2) is 13.1 Å². The van der Waals surface area contributed by atoms with E-state index in [2.05, 4.69) is 25.2 Å². The predicted octanol–water partition coefficient (Wildman–Crippen LogP) is 1.01. The van der Waals surface area contributed by atoms with Gasteiger partial charge < -0.3 is 9.84 Å². The van der Waals surface area contributed by atoms with E-state index < -0.39 is 10.0 Å². The minimum Gasteiger partial charge on any atom is -0.384 e. The highest BCUT2D eigenvalue weighted by Crippen LogP contribution is 2.21. The van der Waals surface area contributed by atoms with Gasteiger partial charge in [0.2, 0.25) is 0 Å². The van der Waals surface area contributed by atoms with Crippen LogP contribution in [0.25, 0.3) is 0 Å². The zero-order chi connectivity index (χ0) is 13.9. The molecule has 0 radical (unpaired) electrons. The first-order chi connectivity index (χ1) is 9.03. The number of aromatic nitrogens is 3. The SMILES string of the molecule is CCNc1ccncc1S(=O)(=O)Nc1nc(C)no1. The second-order valence-corrected chi connectivity index (χ2v) is 5.31. The van der Waals surface area contributed by atoms with E-state index in [9.17, 15) is 8.42 Å². The fourth-order valence-electron chi connectivity index (χ4n) is 1.44. The Hall–Kier alpha value is -2.16. The minimum absolute atomic E-state index is 0.0210. The number of nitrogens with one attached hydrogen (secondary N) is 2. The molecule has 0 bridgehead atoms. The van der Waals surface area contributed by atoms with E-state index in [4.69, 9.17) is 4.52 Å². The topological polar surface area (TPSA) is 110 Å². The van der Waals surface area contributed by atoms with E-state index in [0.717, 1.165) is 0 Å². The second-order valence-electron chi connectivity index (χ2n) is 3.65. The highest BCUT2D eigenvalue weighted by Gasteiger charge is 2.21. The summed E-state index contributed by atoms with van der Waals surface area (Å²) in [6.07, 6.45) is 2.76. The van der Waals surface area contributed by atoms with Crippen LogP contribution >= 0.6 is 0 Å². The van der Waals surface area contributed by atoms with Crippen LogP contribution in [0, 0.1) is 6.92 Å². The molecule has 0 atom stereocenters. The van der Waals surface area contributed by atoms with Gasteiger partial charge in [0.15, 0.2) is 5.82 Å². The maximum absolute atomic E-state index is 12.2. The van der Waals surface area contributed by atoms with Gasteiger partial charge in [-0.05, 0) is 19.9 Å². The molecular weight excluding hydrogens is 270 g/mol. The Morgan fingerprint density at radius 2 is 2.21 bits per heavy atom. The van der Waals surface area contributed by atoms with Crippen molar-refractivity contribution in [1.82, 2.24) is 15.1 Å². The smallest absolute Gasteiger partial charge is 0.335 e. The summed E-state index contributed by atoms with van der Waals surface area (Å²) in [5.74, 6) is 0.343. The number of anilines is 2. The first kappa shape index (κ1) is 13.3. The van der Waals surface area contributed by atoms with Gasteiger partial charge in [-0.1, -0.05) is 5.16 Å². The lowest BCUT2D eigenvalue weighted by Crippen LogP contribution is -2.16. The molecular formula is C10H13N5O3S. The van der Waals surface area contributed by atoms with Crippen LogP contribution in [0.4, 0.5) is 11.7 Å². The third kappa shape index (κ3) is 2.99. The fourth-order valence-corrected chi connectivity index (χ4v) is 2.49. The molecule has 0 amide bonds. The molecule has 8 nitrogen and oxygen atoms in total. The molecule has 2 aromatic heterocycles. The lowest BCUT2D eigenvalue weighted by molar-refractivity contribution is 0.429. The summed E-state index contributed by atoms with van der Waals surface area (Å²) in [4.78, 5) is 7.62.